The first-order chi connectivity index (χ1) is 11.3. The summed E-state index contributed by atoms with van der Waals surface area (Å²) < 4.78 is 25.5. The van der Waals surface area contributed by atoms with Crippen molar-refractivity contribution in [3.63, 3.8) is 0 Å². The van der Waals surface area contributed by atoms with Gasteiger partial charge in [0.25, 0.3) is 0 Å². The molecule has 2 aromatic carbocycles. The zero-order valence-corrected chi connectivity index (χ0v) is 15.6. The minimum Gasteiger partial charge on any atom is -0.497 e. The predicted molar refractivity (Wildman–Crippen MR) is 97.2 cm³/mol. The van der Waals surface area contributed by atoms with E-state index in [4.69, 9.17) is 21.1 Å². The lowest BCUT2D eigenvalue weighted by Gasteiger charge is -2.31. The van der Waals surface area contributed by atoms with E-state index < -0.39 is 0 Å². The maximum absolute atomic E-state index is 14.5. The van der Waals surface area contributed by atoms with Crippen LogP contribution in [0.2, 0.25) is 0 Å². The van der Waals surface area contributed by atoms with Crippen LogP contribution in [0.5, 0.6) is 5.75 Å². The largest absolute Gasteiger partial charge is 0.497 e. The van der Waals surface area contributed by atoms with Gasteiger partial charge in [-0.3, -0.25) is 0 Å². The third kappa shape index (κ3) is 3.90. The van der Waals surface area contributed by atoms with Gasteiger partial charge in [-0.15, -0.1) is 11.6 Å². The van der Waals surface area contributed by atoms with E-state index >= 15 is 0 Å². The molecule has 0 saturated carbocycles. The summed E-state index contributed by atoms with van der Waals surface area (Å²) in [6, 6.07) is 10.6. The lowest BCUT2D eigenvalue weighted by molar-refractivity contribution is 0.0155. The van der Waals surface area contributed by atoms with Crippen molar-refractivity contribution >= 4 is 11.6 Å². The van der Waals surface area contributed by atoms with Gasteiger partial charge in [-0.25, -0.2) is 4.39 Å². The maximum atomic E-state index is 14.5. The molecular formula is C20H24ClFO2. The highest BCUT2D eigenvalue weighted by atomic mass is 35.5. The number of alkyl halides is 1. The standard InChI is InChI=1S/C20H24ClFO2/c1-20(2,3)19(24-5)17-10-13(12-21)6-8-15(17)16-11-14(23-4)7-9-18(16)22/h6-11,19H,12H2,1-5H3/t19-/m1/s1. The molecule has 0 aliphatic carbocycles. The molecule has 2 aromatic rings. The third-order valence-electron chi connectivity index (χ3n) is 4.04. The van der Waals surface area contributed by atoms with Crippen LogP contribution in [0, 0.1) is 11.2 Å². The number of benzene rings is 2. The van der Waals surface area contributed by atoms with Crippen molar-refractivity contribution in [3.05, 3.63) is 53.3 Å². The van der Waals surface area contributed by atoms with E-state index in [-0.39, 0.29) is 17.3 Å². The van der Waals surface area contributed by atoms with E-state index in [1.807, 2.05) is 18.2 Å². The molecule has 0 radical (unpaired) electrons. The van der Waals surface area contributed by atoms with Crippen molar-refractivity contribution in [1.82, 2.24) is 0 Å². The number of hydrogen-bond acceptors (Lipinski definition) is 2. The average molecular weight is 351 g/mol. The quantitative estimate of drug-likeness (QED) is 0.618. The minimum absolute atomic E-state index is 0.149. The molecule has 0 aliphatic rings. The molecule has 130 valence electrons. The van der Waals surface area contributed by atoms with Crippen LogP contribution in [0.1, 0.15) is 38.0 Å². The molecular weight excluding hydrogens is 327 g/mol. The topological polar surface area (TPSA) is 18.5 Å². The Labute approximate surface area is 148 Å². The SMILES string of the molecule is COc1ccc(F)c(-c2ccc(CCl)cc2[C@@H](OC)C(C)(C)C)c1. The van der Waals surface area contributed by atoms with Crippen LogP contribution in [0.15, 0.2) is 36.4 Å². The van der Waals surface area contributed by atoms with E-state index in [1.165, 1.54) is 6.07 Å². The number of ether oxygens (including phenoxy) is 2. The van der Waals surface area contributed by atoms with Gasteiger partial charge in [-0.2, -0.15) is 0 Å². The monoisotopic (exact) mass is 350 g/mol. The first-order valence-electron chi connectivity index (χ1n) is 7.87. The second-order valence-electron chi connectivity index (χ2n) is 6.88. The molecule has 0 amide bonds. The van der Waals surface area contributed by atoms with E-state index in [0.29, 0.717) is 17.2 Å². The molecule has 2 rings (SSSR count). The Morgan fingerprint density at radius 3 is 2.29 bits per heavy atom. The summed E-state index contributed by atoms with van der Waals surface area (Å²) in [5, 5.41) is 0. The first kappa shape index (κ1) is 18.8. The van der Waals surface area contributed by atoms with Crippen molar-refractivity contribution in [1.29, 1.82) is 0 Å². The summed E-state index contributed by atoms with van der Waals surface area (Å²) in [7, 11) is 3.25. The first-order valence-corrected chi connectivity index (χ1v) is 8.40. The van der Waals surface area contributed by atoms with E-state index in [0.717, 1.165) is 16.7 Å². The zero-order valence-electron chi connectivity index (χ0n) is 14.8. The van der Waals surface area contributed by atoms with Gasteiger partial charge in [0, 0.05) is 18.6 Å². The van der Waals surface area contributed by atoms with Crippen LogP contribution >= 0.6 is 11.6 Å². The van der Waals surface area contributed by atoms with E-state index in [9.17, 15) is 4.39 Å². The number of methoxy groups -OCH3 is 2. The molecule has 0 N–H and O–H groups in total. The van der Waals surface area contributed by atoms with Crippen molar-refractivity contribution < 1.29 is 13.9 Å². The van der Waals surface area contributed by atoms with Crippen molar-refractivity contribution in [3.8, 4) is 16.9 Å². The Hall–Kier alpha value is -1.58. The van der Waals surface area contributed by atoms with Crippen LogP contribution in [-0.2, 0) is 10.6 Å². The molecule has 0 spiro atoms. The molecule has 0 aliphatic heterocycles. The molecule has 0 bridgehead atoms. The summed E-state index contributed by atoms with van der Waals surface area (Å²) in [4.78, 5) is 0. The Morgan fingerprint density at radius 1 is 1.04 bits per heavy atom. The predicted octanol–water partition coefficient (Wildman–Crippen LogP) is 5.97. The van der Waals surface area contributed by atoms with Crippen LogP contribution in [-0.4, -0.2) is 14.2 Å². The summed E-state index contributed by atoms with van der Waals surface area (Å²) in [5.74, 6) is 0.719. The lowest BCUT2D eigenvalue weighted by Crippen LogP contribution is -2.21. The fraction of sp³-hybridized carbons (Fsp3) is 0.400. The molecule has 0 saturated heterocycles. The normalized spacial score (nSPS) is 13.0. The van der Waals surface area contributed by atoms with Gasteiger partial charge in [0.15, 0.2) is 0 Å². The summed E-state index contributed by atoms with van der Waals surface area (Å²) >= 11 is 6.00. The highest BCUT2D eigenvalue weighted by molar-refractivity contribution is 6.17. The third-order valence-corrected chi connectivity index (χ3v) is 4.35. The number of rotatable bonds is 5. The van der Waals surface area contributed by atoms with E-state index in [1.54, 1.807) is 26.4 Å². The van der Waals surface area contributed by atoms with Gasteiger partial charge in [-0.05, 0) is 40.3 Å². The van der Waals surface area contributed by atoms with Crippen molar-refractivity contribution in [2.45, 2.75) is 32.8 Å². The highest BCUT2D eigenvalue weighted by Gasteiger charge is 2.29. The van der Waals surface area contributed by atoms with Crippen LogP contribution in [0.3, 0.4) is 0 Å². The molecule has 1 atom stereocenters. The summed E-state index contributed by atoms with van der Waals surface area (Å²) in [6.45, 7) is 6.29. The molecule has 0 fully saturated rings. The zero-order chi connectivity index (χ0) is 17.9. The molecule has 4 heteroatoms. The summed E-state index contributed by atoms with van der Waals surface area (Å²) in [6.07, 6.45) is -0.193. The molecule has 0 aromatic heterocycles. The smallest absolute Gasteiger partial charge is 0.131 e. The van der Waals surface area contributed by atoms with Crippen LogP contribution in [0.4, 0.5) is 4.39 Å². The Bertz CT molecular complexity index is 707. The Balaban J connectivity index is 2.70. The second kappa shape index (κ2) is 7.54. The highest BCUT2D eigenvalue weighted by Crippen LogP contribution is 2.42. The van der Waals surface area contributed by atoms with Gasteiger partial charge < -0.3 is 9.47 Å². The molecule has 0 heterocycles. The van der Waals surface area contributed by atoms with Gasteiger partial charge in [-0.1, -0.05) is 39.0 Å². The van der Waals surface area contributed by atoms with Crippen molar-refractivity contribution in [2.24, 2.45) is 5.41 Å². The number of halogens is 2. The van der Waals surface area contributed by atoms with Gasteiger partial charge >= 0.3 is 0 Å². The Kier molecular flexibility index (Phi) is 5.89. The van der Waals surface area contributed by atoms with E-state index in [2.05, 4.69) is 20.8 Å². The molecule has 2 nitrogen and oxygen atoms in total. The average Bonchev–Trinajstić information content (AvgIpc) is 2.55. The maximum Gasteiger partial charge on any atom is 0.131 e. The fourth-order valence-electron chi connectivity index (χ4n) is 2.94. The van der Waals surface area contributed by atoms with Gasteiger partial charge in [0.05, 0.1) is 13.2 Å². The second-order valence-corrected chi connectivity index (χ2v) is 7.15. The van der Waals surface area contributed by atoms with Crippen LogP contribution in [0.25, 0.3) is 11.1 Å². The lowest BCUT2D eigenvalue weighted by atomic mass is 9.81. The Morgan fingerprint density at radius 2 is 1.75 bits per heavy atom. The fourth-order valence-corrected chi connectivity index (χ4v) is 3.11. The van der Waals surface area contributed by atoms with Gasteiger partial charge in [0.2, 0.25) is 0 Å². The molecule has 24 heavy (non-hydrogen) atoms. The van der Waals surface area contributed by atoms with Gasteiger partial charge in [0.1, 0.15) is 11.6 Å². The molecule has 0 unspecified atom stereocenters. The van der Waals surface area contributed by atoms with Crippen molar-refractivity contribution in [2.75, 3.05) is 14.2 Å². The minimum atomic E-state index is -0.292. The number of hydrogen-bond donors (Lipinski definition) is 0. The summed E-state index contributed by atoms with van der Waals surface area (Å²) in [5.41, 5.74) is 3.04. The van der Waals surface area contributed by atoms with Crippen LogP contribution < -0.4 is 4.74 Å².